The predicted octanol–water partition coefficient (Wildman–Crippen LogP) is 2.71. The molecule has 0 saturated carbocycles. The molecule has 0 aromatic heterocycles. The van der Waals surface area contributed by atoms with Crippen LogP contribution in [0.4, 0.5) is 0 Å². The van der Waals surface area contributed by atoms with E-state index in [1.54, 1.807) is 6.08 Å². The largest absolute Gasteiger partial charge is 0.337 e. The van der Waals surface area contributed by atoms with Crippen LogP contribution in [0, 0.1) is 0 Å². The van der Waals surface area contributed by atoms with Crippen molar-refractivity contribution >= 4 is 11.7 Å². The van der Waals surface area contributed by atoms with E-state index < -0.39 is 5.41 Å². The molecular formula is C17H19NO2. The van der Waals surface area contributed by atoms with Crippen LogP contribution in [0.2, 0.25) is 0 Å². The average Bonchev–Trinajstić information content (AvgIpc) is 2.73. The molecule has 1 spiro atoms. The predicted molar refractivity (Wildman–Crippen MR) is 77.7 cm³/mol. The molecule has 1 amide bonds. The van der Waals surface area contributed by atoms with E-state index in [9.17, 15) is 9.59 Å². The van der Waals surface area contributed by atoms with Gasteiger partial charge in [0.1, 0.15) is 0 Å². The van der Waals surface area contributed by atoms with Gasteiger partial charge in [-0.2, -0.15) is 0 Å². The summed E-state index contributed by atoms with van der Waals surface area (Å²) in [5, 5.41) is 0. The monoisotopic (exact) mass is 269 g/mol. The number of ketones is 1. The van der Waals surface area contributed by atoms with Gasteiger partial charge in [-0.15, -0.1) is 0 Å². The summed E-state index contributed by atoms with van der Waals surface area (Å²) >= 11 is 0. The number of hydrogen-bond acceptors (Lipinski definition) is 2. The van der Waals surface area contributed by atoms with Crippen LogP contribution in [-0.4, -0.2) is 28.7 Å². The van der Waals surface area contributed by atoms with Gasteiger partial charge in [0.25, 0.3) is 0 Å². The SMILES string of the molecule is CC(C)(C)N1CCC2(C=CC(=O)c3ccccc32)C1=O. The highest BCUT2D eigenvalue weighted by Crippen LogP contribution is 2.43. The lowest BCUT2D eigenvalue weighted by Gasteiger charge is -2.35. The zero-order valence-electron chi connectivity index (χ0n) is 12.1. The Hall–Kier alpha value is -1.90. The van der Waals surface area contributed by atoms with Gasteiger partial charge < -0.3 is 4.90 Å². The Bertz CT molecular complexity index is 624. The quantitative estimate of drug-likeness (QED) is 0.726. The molecule has 0 bridgehead atoms. The molecule has 1 aromatic carbocycles. The molecule has 3 rings (SSSR count). The smallest absolute Gasteiger partial charge is 0.237 e. The van der Waals surface area contributed by atoms with Gasteiger partial charge >= 0.3 is 0 Å². The standard InChI is InChI=1S/C17H19NO2/c1-16(2,3)18-11-10-17(15(18)20)9-8-14(19)12-6-4-5-7-13(12)17/h4-9H,10-11H2,1-3H3. The number of fused-ring (bicyclic) bond motifs is 2. The maximum Gasteiger partial charge on any atom is 0.237 e. The third-order valence-electron chi connectivity index (χ3n) is 4.36. The summed E-state index contributed by atoms with van der Waals surface area (Å²) in [6, 6.07) is 7.49. The van der Waals surface area contributed by atoms with Crippen LogP contribution in [0.15, 0.2) is 36.4 Å². The normalized spacial score (nSPS) is 25.4. The molecule has 2 aliphatic rings. The first-order valence-corrected chi connectivity index (χ1v) is 7.01. The van der Waals surface area contributed by atoms with E-state index in [1.165, 1.54) is 0 Å². The maximum atomic E-state index is 13.0. The summed E-state index contributed by atoms with van der Waals surface area (Å²) < 4.78 is 0. The summed E-state index contributed by atoms with van der Waals surface area (Å²) in [5.74, 6) is 0.106. The zero-order valence-corrected chi connectivity index (χ0v) is 12.1. The second-order valence-corrected chi connectivity index (χ2v) is 6.59. The first-order chi connectivity index (χ1) is 9.36. The molecule has 3 nitrogen and oxygen atoms in total. The van der Waals surface area contributed by atoms with Gasteiger partial charge in [-0.05, 0) is 38.8 Å². The molecule has 1 fully saturated rings. The van der Waals surface area contributed by atoms with Gasteiger partial charge in [0.2, 0.25) is 5.91 Å². The van der Waals surface area contributed by atoms with Gasteiger partial charge in [0, 0.05) is 17.6 Å². The molecule has 1 aromatic rings. The summed E-state index contributed by atoms with van der Waals surface area (Å²) in [5.41, 5.74) is 0.700. The lowest BCUT2D eigenvalue weighted by Crippen LogP contribution is -2.47. The number of rotatable bonds is 0. The molecule has 20 heavy (non-hydrogen) atoms. The van der Waals surface area contributed by atoms with Crippen molar-refractivity contribution < 1.29 is 9.59 Å². The number of nitrogens with zero attached hydrogens (tertiary/aromatic N) is 1. The number of amides is 1. The average molecular weight is 269 g/mol. The van der Waals surface area contributed by atoms with Gasteiger partial charge in [-0.3, -0.25) is 9.59 Å². The van der Waals surface area contributed by atoms with Crippen LogP contribution in [0.3, 0.4) is 0 Å². The molecule has 1 aliphatic carbocycles. The summed E-state index contributed by atoms with van der Waals surface area (Å²) in [4.78, 5) is 26.9. The Morgan fingerprint density at radius 1 is 1.15 bits per heavy atom. The van der Waals surface area contributed by atoms with Crippen molar-refractivity contribution in [3.63, 3.8) is 0 Å². The number of carbonyl (C=O) groups excluding carboxylic acids is 2. The molecule has 1 unspecified atom stereocenters. The number of likely N-dealkylation sites (tertiary alicyclic amines) is 1. The fourth-order valence-corrected chi connectivity index (χ4v) is 3.27. The molecule has 104 valence electrons. The molecule has 1 saturated heterocycles. The Kier molecular flexibility index (Phi) is 2.65. The number of allylic oxidation sites excluding steroid dienone is 1. The summed E-state index contributed by atoms with van der Waals surface area (Å²) in [6.07, 6.45) is 4.11. The third-order valence-corrected chi connectivity index (χ3v) is 4.36. The first-order valence-electron chi connectivity index (χ1n) is 7.01. The van der Waals surface area contributed by atoms with Crippen molar-refractivity contribution in [2.24, 2.45) is 0 Å². The number of hydrogen-bond donors (Lipinski definition) is 0. The molecule has 0 radical (unpaired) electrons. The van der Waals surface area contributed by atoms with Crippen LogP contribution in [-0.2, 0) is 10.2 Å². The van der Waals surface area contributed by atoms with Gasteiger partial charge in [0.15, 0.2) is 5.78 Å². The summed E-state index contributed by atoms with van der Waals surface area (Å²) in [7, 11) is 0. The van der Waals surface area contributed by atoms with Gasteiger partial charge in [-0.25, -0.2) is 0 Å². The van der Waals surface area contributed by atoms with Gasteiger partial charge in [0.05, 0.1) is 5.41 Å². The minimum atomic E-state index is -0.641. The number of carbonyl (C=O) groups is 2. The highest BCUT2D eigenvalue weighted by Gasteiger charge is 2.51. The molecule has 1 heterocycles. The summed E-state index contributed by atoms with van der Waals surface area (Å²) in [6.45, 7) is 6.88. The van der Waals surface area contributed by atoms with Crippen LogP contribution < -0.4 is 0 Å². The van der Waals surface area contributed by atoms with Crippen LogP contribution in [0.25, 0.3) is 0 Å². The molecule has 1 atom stereocenters. The van der Waals surface area contributed by atoms with Crippen molar-refractivity contribution in [2.75, 3.05) is 6.54 Å². The maximum absolute atomic E-state index is 13.0. The Morgan fingerprint density at radius 2 is 1.85 bits per heavy atom. The van der Waals surface area contributed by atoms with Crippen LogP contribution >= 0.6 is 0 Å². The molecule has 0 N–H and O–H groups in total. The van der Waals surface area contributed by atoms with Crippen molar-refractivity contribution in [1.29, 1.82) is 0 Å². The highest BCUT2D eigenvalue weighted by atomic mass is 16.2. The van der Waals surface area contributed by atoms with Crippen molar-refractivity contribution in [3.8, 4) is 0 Å². The Balaban J connectivity index is 2.13. The zero-order chi connectivity index (χ0) is 14.5. The molecule has 3 heteroatoms. The first kappa shape index (κ1) is 13.1. The van der Waals surface area contributed by atoms with E-state index in [1.807, 2.05) is 56.0 Å². The topological polar surface area (TPSA) is 37.4 Å². The Morgan fingerprint density at radius 3 is 2.50 bits per heavy atom. The van der Waals surface area contributed by atoms with Crippen LogP contribution in [0.1, 0.15) is 43.1 Å². The third kappa shape index (κ3) is 1.65. The van der Waals surface area contributed by atoms with E-state index in [0.29, 0.717) is 5.56 Å². The van der Waals surface area contributed by atoms with E-state index in [4.69, 9.17) is 0 Å². The molecular weight excluding hydrogens is 250 g/mol. The second-order valence-electron chi connectivity index (χ2n) is 6.59. The lowest BCUT2D eigenvalue weighted by molar-refractivity contribution is -0.135. The van der Waals surface area contributed by atoms with Crippen molar-refractivity contribution in [2.45, 2.75) is 38.1 Å². The van der Waals surface area contributed by atoms with E-state index >= 15 is 0 Å². The molecule has 1 aliphatic heterocycles. The second kappa shape index (κ2) is 4.05. The van der Waals surface area contributed by atoms with Crippen molar-refractivity contribution in [3.05, 3.63) is 47.5 Å². The Labute approximate surface area is 119 Å². The fraction of sp³-hybridized carbons (Fsp3) is 0.412. The fourth-order valence-electron chi connectivity index (χ4n) is 3.27. The van der Waals surface area contributed by atoms with Crippen LogP contribution in [0.5, 0.6) is 0 Å². The van der Waals surface area contributed by atoms with Gasteiger partial charge in [-0.1, -0.05) is 30.3 Å². The van der Waals surface area contributed by atoms with Crippen molar-refractivity contribution in [1.82, 2.24) is 4.90 Å². The van der Waals surface area contributed by atoms with E-state index in [2.05, 4.69) is 0 Å². The van der Waals surface area contributed by atoms with E-state index in [0.717, 1.165) is 18.5 Å². The lowest BCUT2D eigenvalue weighted by atomic mass is 9.72. The minimum absolute atomic E-state index is 0.00627. The number of benzene rings is 1. The highest BCUT2D eigenvalue weighted by molar-refractivity contribution is 6.11. The minimum Gasteiger partial charge on any atom is -0.337 e. The van der Waals surface area contributed by atoms with E-state index in [-0.39, 0.29) is 17.2 Å².